The molecule has 3 rings (SSSR count). The zero-order chi connectivity index (χ0) is 100. The maximum absolute atomic E-state index is 10.7. The van der Waals surface area contributed by atoms with Gasteiger partial charge in [-0.15, -0.1) is 94.0 Å². The second kappa shape index (κ2) is 112. The first-order valence-corrected chi connectivity index (χ1v) is 61.7. The summed E-state index contributed by atoms with van der Waals surface area (Å²) in [6, 6.07) is 0. The molecule has 0 saturated carbocycles. The average Bonchev–Trinajstić information content (AvgIpc) is 1.69. The van der Waals surface area contributed by atoms with E-state index in [0.29, 0.717) is 50.8 Å². The van der Waals surface area contributed by atoms with Crippen molar-refractivity contribution in [1.82, 2.24) is 0 Å². The fourth-order valence-corrected chi connectivity index (χ4v) is 11.6. The lowest BCUT2D eigenvalue weighted by atomic mass is 10.1. The van der Waals surface area contributed by atoms with Crippen LogP contribution in [0.5, 0.6) is 0 Å². The lowest BCUT2D eigenvalue weighted by Crippen LogP contribution is -2.16. The molecule has 5 atom stereocenters. The van der Waals surface area contributed by atoms with E-state index in [-0.39, 0.29) is 62.0 Å². The van der Waals surface area contributed by atoms with E-state index in [1.165, 1.54) is 103 Å². The highest BCUT2D eigenvalue weighted by Crippen LogP contribution is 2.30. The Morgan fingerprint density at radius 1 is 0.520 bits per heavy atom. The van der Waals surface area contributed by atoms with Crippen molar-refractivity contribution in [3.05, 3.63) is 48.6 Å². The molecular weight excluding hydrogens is 1750 g/mol. The number of aliphatic carboxylic acids is 1. The SMILES string of the molecule is C#CC/C=C\C/C=C\CCCCC.C#CCCCCC.C#CCO.C1CCOC1.CCCCC/C=C\C/C=C\CC#CC(O)C1OC1CCCCCC(=O)O.CCCCCC#CCC#CCC#C[Si](C)(C)C.COC(=O)CCCCCC1OC1C=O.C[Si](C)(C)C#CCC#CCO.C[Si](C)(C)C#CCC#CCOS(C)(=O)=O.C[Si](C)(C)C#CCCl.ClCCl.[2H]CF.[2H]CF. The van der Waals surface area contributed by atoms with Gasteiger partial charge in [0.25, 0.3) is 10.1 Å². The Kier molecular flexibility index (Phi) is 120. The Morgan fingerprint density at radius 2 is 0.929 bits per heavy atom. The zero-order valence-electron chi connectivity index (χ0n) is 83.3. The number of carbonyl (C=O) groups is 3. The number of halogens is 5. The number of allylic oxidation sites excluding steroid dienone is 8. The molecule has 0 aliphatic carbocycles. The monoisotopic (exact) mass is 1920 g/mol. The van der Waals surface area contributed by atoms with Gasteiger partial charge in [0.1, 0.15) is 70.4 Å². The summed E-state index contributed by atoms with van der Waals surface area (Å²) in [6.45, 7) is 36.9. The Labute approximate surface area is 798 Å². The van der Waals surface area contributed by atoms with Gasteiger partial charge in [0.15, 0.2) is 6.29 Å². The van der Waals surface area contributed by atoms with Crippen molar-refractivity contribution < 1.29 is 77.9 Å². The lowest BCUT2D eigenvalue weighted by Gasteiger charge is -2.02. The summed E-state index contributed by atoms with van der Waals surface area (Å²) in [5.74, 6) is 47.5. The van der Waals surface area contributed by atoms with Crippen LogP contribution in [-0.4, -0.2) is 182 Å². The molecule has 0 bridgehead atoms. The minimum Gasteiger partial charge on any atom is -0.481 e. The largest absolute Gasteiger partial charge is 0.481 e. The van der Waals surface area contributed by atoms with Crippen molar-refractivity contribution >= 4 is 95.4 Å². The third-order valence-corrected chi connectivity index (χ3v) is 19.2. The van der Waals surface area contributed by atoms with Gasteiger partial charge < -0.3 is 44.2 Å². The molecular formula is C103H167Cl3F2O14SSi4. The summed E-state index contributed by atoms with van der Waals surface area (Å²) in [5, 5.41) is 34.7. The van der Waals surface area contributed by atoms with E-state index < -0.39 is 68.8 Å². The van der Waals surface area contributed by atoms with E-state index in [0.717, 1.165) is 109 Å². The number of rotatable bonds is 36. The fraction of sp³-hybridized carbons (Fsp3) is 0.660. The molecule has 24 heteroatoms. The van der Waals surface area contributed by atoms with Crippen molar-refractivity contribution in [2.24, 2.45) is 0 Å². The summed E-state index contributed by atoms with van der Waals surface area (Å²) in [6.07, 6.45) is 68.8. The van der Waals surface area contributed by atoms with E-state index in [1.54, 1.807) is 0 Å². The Morgan fingerprint density at radius 3 is 1.31 bits per heavy atom. The number of esters is 1. The van der Waals surface area contributed by atoms with Crippen LogP contribution in [0.3, 0.4) is 0 Å². The number of methoxy groups -OCH3 is 1. The van der Waals surface area contributed by atoms with Crippen LogP contribution in [0.4, 0.5) is 8.78 Å². The maximum atomic E-state index is 10.7. The number of unbranched alkanes of at least 4 members (excludes halogenated alkanes) is 16. The quantitative estimate of drug-likeness (QED) is 0.00528. The number of ether oxygens (including phenoxy) is 4. The topological polar surface area (TPSA) is 219 Å². The van der Waals surface area contributed by atoms with Crippen LogP contribution in [0.1, 0.15) is 262 Å². The van der Waals surface area contributed by atoms with Crippen molar-refractivity contribution in [3.63, 3.8) is 0 Å². The number of hydrogen-bond acceptors (Lipinski definition) is 13. The molecule has 0 spiro atoms. The highest BCUT2D eigenvalue weighted by molar-refractivity contribution is 7.86. The van der Waals surface area contributed by atoms with Crippen LogP contribution >= 0.6 is 34.8 Å². The molecule has 14 nitrogen and oxygen atoms in total. The predicted octanol–water partition coefficient (Wildman–Crippen LogP) is 23.8. The maximum Gasteiger partial charge on any atom is 0.305 e. The van der Waals surface area contributed by atoms with Crippen LogP contribution in [0, 0.1) is 142 Å². The Hall–Kier alpha value is -6.44. The molecule has 127 heavy (non-hydrogen) atoms. The van der Waals surface area contributed by atoms with E-state index in [4.69, 9.17) is 79.9 Å². The minimum atomic E-state index is -3.37. The number of aliphatic hydroxyl groups is 3. The van der Waals surface area contributed by atoms with Crippen molar-refractivity contribution in [3.8, 4) is 142 Å². The van der Waals surface area contributed by atoms with Crippen LogP contribution in [-0.2, 0) is 47.6 Å². The Balaban J connectivity index is -0.000000156. The number of carboxylic acid groups (broad SMARTS) is 1. The third kappa shape index (κ3) is 160. The second-order valence-electron chi connectivity index (χ2n) is 31.8. The number of alkyl halides is 5. The number of terminal acetylenes is 3. The van der Waals surface area contributed by atoms with Crippen LogP contribution in [0.15, 0.2) is 48.6 Å². The normalized spacial score (nSPS) is 13.9. The minimum absolute atomic E-state index is 0.0609. The molecule has 0 aromatic rings. The van der Waals surface area contributed by atoms with Gasteiger partial charge in [-0.2, -0.15) is 8.42 Å². The molecule has 3 saturated heterocycles. The van der Waals surface area contributed by atoms with E-state index >= 15 is 0 Å². The molecule has 3 fully saturated rings. The second-order valence-corrected chi connectivity index (χ2v) is 53.5. The van der Waals surface area contributed by atoms with Crippen molar-refractivity contribution in [2.75, 3.05) is 71.9 Å². The third-order valence-electron chi connectivity index (χ3n) is 14.8. The number of aliphatic hydroxyl groups excluding tert-OH is 3. The van der Waals surface area contributed by atoms with E-state index in [2.05, 4.69) is 275 Å². The summed E-state index contributed by atoms with van der Waals surface area (Å²) >= 11 is 14.9. The summed E-state index contributed by atoms with van der Waals surface area (Å²) < 4.78 is 76.5. The molecule has 3 aliphatic heterocycles. The lowest BCUT2D eigenvalue weighted by molar-refractivity contribution is -0.141. The van der Waals surface area contributed by atoms with Crippen LogP contribution in [0.25, 0.3) is 0 Å². The van der Waals surface area contributed by atoms with Crippen molar-refractivity contribution in [1.29, 1.82) is 0 Å². The van der Waals surface area contributed by atoms with Crippen LogP contribution < -0.4 is 0 Å². The van der Waals surface area contributed by atoms with Crippen LogP contribution in [0.2, 0.25) is 78.6 Å². The van der Waals surface area contributed by atoms with Gasteiger partial charge in [-0.05, 0) is 89.9 Å². The predicted molar refractivity (Wildman–Crippen MR) is 552 cm³/mol. The first-order valence-electron chi connectivity index (χ1n) is 45.7. The zero-order valence-corrected chi connectivity index (χ0v) is 88.4. The van der Waals surface area contributed by atoms with Gasteiger partial charge in [-0.1, -0.05) is 315 Å². The molecule has 0 radical (unpaired) electrons. The molecule has 3 heterocycles. The number of carboxylic acids is 1. The molecule has 0 aromatic heterocycles. The summed E-state index contributed by atoms with van der Waals surface area (Å²) in [7, 11) is -8.83. The highest BCUT2D eigenvalue weighted by Gasteiger charge is 2.43. The molecule has 0 amide bonds. The van der Waals surface area contributed by atoms with Crippen molar-refractivity contribution in [2.45, 2.75) is 368 Å². The van der Waals surface area contributed by atoms with Gasteiger partial charge in [-0.25, -0.2) is 0 Å². The van der Waals surface area contributed by atoms with Gasteiger partial charge in [-0.3, -0.25) is 22.6 Å². The first kappa shape index (κ1) is 136. The molecule has 0 aromatic carbocycles. The number of aldehydes is 1. The molecule has 5 unspecified atom stereocenters. The first-order chi connectivity index (χ1) is 61.3. The summed E-state index contributed by atoms with van der Waals surface area (Å²) in [5.41, 5.74) is 12.8. The Bertz CT molecular complexity index is 3640. The fourth-order valence-electron chi connectivity index (χ4n) is 8.71. The van der Waals surface area contributed by atoms with Gasteiger partial charge >= 0.3 is 11.9 Å². The number of epoxide rings is 2. The molecule has 3 aliphatic rings. The number of carbonyl (C=O) groups excluding carboxylic acids is 2. The van der Waals surface area contributed by atoms with E-state index in [1.807, 2.05) is 18.1 Å². The van der Waals surface area contributed by atoms with Gasteiger partial charge in [0.05, 0.1) is 79.5 Å². The van der Waals surface area contributed by atoms with Gasteiger partial charge in [0.2, 0.25) is 0 Å². The average molecular weight is 1920 g/mol. The molecule has 720 valence electrons. The highest BCUT2D eigenvalue weighted by atomic mass is 35.5. The van der Waals surface area contributed by atoms with Gasteiger partial charge in [0, 0.05) is 51.7 Å². The standard InChI is InChI=1S/C22H34O4.C16H24Si.C13H20.C10H16O4.C10H16O3SSi.C9H14OSi.C7H12.C6H11ClSi.C4H8O.C3H4O.CH2Cl2.2CH3F/c1-2-3-4-5-6-7-8-9-10-11-13-16-19(23)22-20(26-22)17-14-12-15-18-21(24)25;1-5-6-7-8-9-10-11-12-13-14-15-16-17(2,3)4;1-3-5-7-9-11-13-12-10-8-6-4-2;1-13-10(12)6-4-2-3-5-8-9(7-11)14-8;1-14(11,12)13-9-7-5-6-8-10-15(2,3)4;1-11(2,3)9-7-5-4-6-8-10;1-3-5-7-6-4-2;1-8(2,3)6-4-5-7;1-2-4-5-3-1;1-2-3-4;2-1-3;2*1-2/h6-7,9-10,19-20,22-23H,2-5,8,11-12,14-15,17-18H2,1H3,(H,24,25);5-8,11,14H2,1-4H3;1,7,9,12-13H,4-6,8,10-11H2,2H3;7-9H,2-6H2,1H3;6,9H2,1-4H3;10H,5,8H2,1-3H3;1H,4-7H2,2H3;5H2,1-3H3;1-4H2;1,4H,3H2;1H2;2*1H3/b7-6-,10-9-;;9-7-,13-12-;;;;;;;;;;/i;;;;;;;;;;;2*1D. The molecule has 4 N–H and O–H groups in total. The number of hydrogen-bond donors (Lipinski definition) is 4. The van der Waals surface area contributed by atoms with E-state index in [9.17, 15) is 36.7 Å². The smallest absolute Gasteiger partial charge is 0.305 e. The summed E-state index contributed by atoms with van der Waals surface area (Å²) in [4.78, 5) is 31.4.